The normalized spacial score (nSPS) is 9.85. The molecule has 0 atom stereocenters. The molecule has 0 fully saturated rings. The fraction of sp³-hybridized carbons (Fsp3) is 0. The molecule has 2 aromatic rings. The summed E-state index contributed by atoms with van der Waals surface area (Å²) in [7, 11) is 0. The van der Waals surface area contributed by atoms with Crippen molar-refractivity contribution in [3.05, 3.63) is 59.1 Å². The number of urea groups is 1. The molecule has 0 saturated heterocycles. The topological polar surface area (TPSA) is 67.1 Å². The second-order valence-electron chi connectivity index (χ2n) is 4.00. The first kappa shape index (κ1) is 14.3. The monoisotopic (exact) mass is 305 g/mol. The number of thiocarbonyl (C=S) groups is 1. The Morgan fingerprint density at radius 2 is 1.80 bits per heavy atom. The highest BCUT2D eigenvalue weighted by Gasteiger charge is 2.07. The number of nitrogens with two attached hydrogens (primary N) is 1. The van der Waals surface area contributed by atoms with Crippen LogP contribution < -0.4 is 16.4 Å². The first-order valence-electron chi connectivity index (χ1n) is 5.78. The van der Waals surface area contributed by atoms with Crippen LogP contribution in [0.2, 0.25) is 5.02 Å². The molecule has 4 nitrogen and oxygen atoms in total. The van der Waals surface area contributed by atoms with Gasteiger partial charge >= 0.3 is 6.03 Å². The Kier molecular flexibility index (Phi) is 4.55. The summed E-state index contributed by atoms with van der Waals surface area (Å²) < 4.78 is 0. The van der Waals surface area contributed by atoms with E-state index in [0.29, 0.717) is 22.0 Å². The molecule has 0 aliphatic rings. The van der Waals surface area contributed by atoms with E-state index in [9.17, 15) is 4.79 Å². The minimum atomic E-state index is -0.374. The van der Waals surface area contributed by atoms with Crippen molar-refractivity contribution in [2.24, 2.45) is 5.73 Å². The molecule has 4 N–H and O–H groups in total. The number of amides is 2. The first-order chi connectivity index (χ1) is 9.56. The number of halogens is 1. The van der Waals surface area contributed by atoms with Crippen molar-refractivity contribution in [3.63, 3.8) is 0 Å². The van der Waals surface area contributed by atoms with Crippen LogP contribution in [0, 0.1) is 0 Å². The summed E-state index contributed by atoms with van der Waals surface area (Å²) in [5.74, 6) is 0. The predicted molar refractivity (Wildman–Crippen MR) is 86.4 cm³/mol. The van der Waals surface area contributed by atoms with Gasteiger partial charge in [-0.05, 0) is 30.3 Å². The van der Waals surface area contributed by atoms with Crippen molar-refractivity contribution in [1.82, 2.24) is 0 Å². The molecule has 6 heteroatoms. The summed E-state index contributed by atoms with van der Waals surface area (Å²) in [4.78, 5) is 12.1. The molecule has 20 heavy (non-hydrogen) atoms. The molecule has 2 amide bonds. The summed E-state index contributed by atoms with van der Waals surface area (Å²) in [6, 6.07) is 13.7. The molecule has 0 radical (unpaired) electrons. The highest BCUT2D eigenvalue weighted by molar-refractivity contribution is 7.80. The number of hydrogen-bond acceptors (Lipinski definition) is 2. The summed E-state index contributed by atoms with van der Waals surface area (Å²) in [5, 5.41) is 5.73. The van der Waals surface area contributed by atoms with E-state index in [1.54, 1.807) is 30.3 Å². The van der Waals surface area contributed by atoms with Gasteiger partial charge < -0.3 is 16.4 Å². The van der Waals surface area contributed by atoms with Crippen LogP contribution in [-0.4, -0.2) is 11.0 Å². The van der Waals surface area contributed by atoms with Crippen LogP contribution in [0.4, 0.5) is 16.2 Å². The fourth-order valence-corrected chi connectivity index (χ4v) is 1.93. The van der Waals surface area contributed by atoms with Gasteiger partial charge in [0, 0.05) is 11.3 Å². The predicted octanol–water partition coefficient (Wildman–Crippen LogP) is 3.62. The number of nitrogens with one attached hydrogen (secondary N) is 2. The van der Waals surface area contributed by atoms with E-state index in [-0.39, 0.29) is 11.0 Å². The molecule has 0 bridgehead atoms. The Balaban J connectivity index is 2.06. The zero-order valence-corrected chi connectivity index (χ0v) is 12.0. The summed E-state index contributed by atoms with van der Waals surface area (Å²) in [6.45, 7) is 0. The lowest BCUT2D eigenvalue weighted by Gasteiger charge is -2.10. The van der Waals surface area contributed by atoms with Crippen LogP contribution in [0.5, 0.6) is 0 Å². The van der Waals surface area contributed by atoms with Crippen molar-refractivity contribution in [2.75, 3.05) is 10.6 Å². The Labute approximate surface area is 126 Å². The van der Waals surface area contributed by atoms with Crippen LogP contribution >= 0.6 is 23.8 Å². The summed E-state index contributed by atoms with van der Waals surface area (Å²) in [5.41, 5.74) is 7.34. The molecular weight excluding hydrogens is 294 g/mol. The Morgan fingerprint density at radius 1 is 1.10 bits per heavy atom. The third-order valence-corrected chi connectivity index (χ3v) is 3.08. The Bertz CT molecular complexity index is 646. The maximum atomic E-state index is 11.8. The summed E-state index contributed by atoms with van der Waals surface area (Å²) in [6.07, 6.45) is 0. The van der Waals surface area contributed by atoms with Gasteiger partial charge in [-0.1, -0.05) is 42.0 Å². The van der Waals surface area contributed by atoms with Gasteiger partial charge in [-0.15, -0.1) is 0 Å². The van der Waals surface area contributed by atoms with Crippen molar-refractivity contribution < 1.29 is 4.79 Å². The smallest absolute Gasteiger partial charge is 0.323 e. The highest BCUT2D eigenvalue weighted by Crippen LogP contribution is 2.23. The number of benzene rings is 2. The molecule has 0 aliphatic heterocycles. The number of carbonyl (C=O) groups is 1. The van der Waals surface area contributed by atoms with Crippen LogP contribution in [0.25, 0.3) is 0 Å². The van der Waals surface area contributed by atoms with Gasteiger partial charge in [-0.25, -0.2) is 4.79 Å². The van der Waals surface area contributed by atoms with E-state index in [1.165, 1.54) is 0 Å². The third-order valence-electron chi connectivity index (χ3n) is 2.53. The number of hydrogen-bond donors (Lipinski definition) is 3. The zero-order valence-electron chi connectivity index (χ0n) is 10.4. The Hall–Kier alpha value is -2.11. The lowest BCUT2D eigenvalue weighted by atomic mass is 10.2. The van der Waals surface area contributed by atoms with Gasteiger partial charge in [0.05, 0.1) is 10.7 Å². The van der Waals surface area contributed by atoms with Crippen LogP contribution in [0.15, 0.2) is 48.5 Å². The number of anilines is 2. The molecular formula is C14H12ClN3OS. The quantitative estimate of drug-likeness (QED) is 0.759. The maximum absolute atomic E-state index is 11.8. The fourth-order valence-electron chi connectivity index (χ4n) is 1.58. The van der Waals surface area contributed by atoms with Crippen molar-refractivity contribution in [2.45, 2.75) is 0 Å². The van der Waals surface area contributed by atoms with Crippen LogP contribution in [0.3, 0.4) is 0 Å². The van der Waals surface area contributed by atoms with E-state index in [2.05, 4.69) is 10.6 Å². The molecule has 0 spiro atoms. The van der Waals surface area contributed by atoms with E-state index >= 15 is 0 Å². The average Bonchev–Trinajstić information content (AvgIpc) is 2.42. The van der Waals surface area contributed by atoms with E-state index in [4.69, 9.17) is 29.6 Å². The Morgan fingerprint density at radius 3 is 2.40 bits per heavy atom. The van der Waals surface area contributed by atoms with Crippen LogP contribution in [0.1, 0.15) is 5.56 Å². The minimum absolute atomic E-state index is 0.257. The van der Waals surface area contributed by atoms with Crippen molar-refractivity contribution >= 4 is 46.2 Å². The van der Waals surface area contributed by atoms with E-state index in [1.807, 2.05) is 18.2 Å². The first-order valence-corrected chi connectivity index (χ1v) is 6.57. The molecule has 0 unspecified atom stereocenters. The number of carbonyl (C=O) groups excluding carboxylic acids is 1. The van der Waals surface area contributed by atoms with Crippen LogP contribution in [-0.2, 0) is 0 Å². The van der Waals surface area contributed by atoms with Gasteiger partial charge in [0.25, 0.3) is 0 Å². The third kappa shape index (κ3) is 3.69. The van der Waals surface area contributed by atoms with Gasteiger partial charge in [0.2, 0.25) is 0 Å². The maximum Gasteiger partial charge on any atom is 0.323 e. The minimum Gasteiger partial charge on any atom is -0.389 e. The van der Waals surface area contributed by atoms with E-state index in [0.717, 1.165) is 0 Å². The largest absolute Gasteiger partial charge is 0.389 e. The van der Waals surface area contributed by atoms with Gasteiger partial charge in [0.1, 0.15) is 4.99 Å². The summed E-state index contributed by atoms with van der Waals surface area (Å²) >= 11 is 10.9. The molecule has 0 aromatic heterocycles. The molecule has 0 aliphatic carbocycles. The second-order valence-corrected chi connectivity index (χ2v) is 4.85. The second kappa shape index (κ2) is 6.36. The molecule has 102 valence electrons. The lowest BCUT2D eigenvalue weighted by Crippen LogP contribution is -2.19. The highest BCUT2D eigenvalue weighted by atomic mass is 35.5. The molecule has 2 aromatic carbocycles. The van der Waals surface area contributed by atoms with Gasteiger partial charge in [0.15, 0.2) is 0 Å². The molecule has 0 saturated carbocycles. The van der Waals surface area contributed by atoms with E-state index < -0.39 is 0 Å². The zero-order chi connectivity index (χ0) is 14.5. The number of para-hydroxylation sites is 1. The van der Waals surface area contributed by atoms with Crippen molar-refractivity contribution in [1.29, 1.82) is 0 Å². The SMILES string of the molecule is NC(=S)c1ccc(NC(=O)Nc2ccccc2)c(Cl)c1. The standard InChI is InChI=1S/C14H12ClN3OS/c15-11-8-9(13(16)20)6-7-12(11)18-14(19)17-10-4-2-1-3-5-10/h1-8H,(H2,16,20)(H2,17,18,19). The van der Waals surface area contributed by atoms with Gasteiger partial charge in [-0.3, -0.25) is 0 Å². The van der Waals surface area contributed by atoms with Gasteiger partial charge in [-0.2, -0.15) is 0 Å². The molecule has 0 heterocycles. The van der Waals surface area contributed by atoms with Crippen molar-refractivity contribution in [3.8, 4) is 0 Å². The number of rotatable bonds is 3. The molecule has 2 rings (SSSR count). The lowest BCUT2D eigenvalue weighted by molar-refractivity contribution is 0.262. The average molecular weight is 306 g/mol.